The van der Waals surface area contributed by atoms with E-state index in [-0.39, 0.29) is 4.70 Å². The van der Waals surface area contributed by atoms with Crippen LogP contribution in [0.4, 0.5) is 4.70 Å². The van der Waals surface area contributed by atoms with Crippen LogP contribution >= 0.6 is 0 Å². The SMILES string of the molecule is Cn1cnc2c1c(=O)[nH]c(=O)n2C.F. The number of nitrogens with zero attached hydrogens (tertiary/aromatic N) is 3. The zero-order valence-electron chi connectivity index (χ0n) is 7.64. The van der Waals surface area contributed by atoms with Crippen molar-refractivity contribution in [1.82, 2.24) is 19.1 Å². The predicted octanol–water partition coefficient (Wildman–Crippen LogP) is -0.887. The van der Waals surface area contributed by atoms with E-state index in [9.17, 15) is 9.59 Å². The van der Waals surface area contributed by atoms with Crippen LogP contribution in [0.1, 0.15) is 0 Å². The van der Waals surface area contributed by atoms with Gasteiger partial charge in [0.2, 0.25) is 0 Å². The fourth-order valence-electron chi connectivity index (χ4n) is 1.26. The molecule has 0 spiro atoms. The van der Waals surface area contributed by atoms with Crippen LogP contribution in [-0.4, -0.2) is 19.1 Å². The number of rotatable bonds is 0. The van der Waals surface area contributed by atoms with E-state index in [0.29, 0.717) is 11.2 Å². The molecule has 0 bridgehead atoms. The molecule has 0 aromatic carbocycles. The van der Waals surface area contributed by atoms with Gasteiger partial charge in [-0.05, 0) is 0 Å². The molecule has 6 nitrogen and oxygen atoms in total. The summed E-state index contributed by atoms with van der Waals surface area (Å²) < 4.78 is 2.88. The molecule has 2 rings (SSSR count). The second kappa shape index (κ2) is 3.09. The van der Waals surface area contributed by atoms with Crippen LogP contribution in [0.25, 0.3) is 11.2 Å². The van der Waals surface area contributed by atoms with Crippen molar-refractivity contribution in [3.8, 4) is 0 Å². The van der Waals surface area contributed by atoms with E-state index in [4.69, 9.17) is 0 Å². The van der Waals surface area contributed by atoms with Crippen LogP contribution in [0, 0.1) is 0 Å². The molecule has 0 aliphatic carbocycles. The summed E-state index contributed by atoms with van der Waals surface area (Å²) in [6.07, 6.45) is 1.50. The Balaban J connectivity index is 0.000000980. The Labute approximate surface area is 77.2 Å². The molecule has 2 aromatic rings. The van der Waals surface area contributed by atoms with Gasteiger partial charge in [-0.3, -0.25) is 19.1 Å². The predicted molar refractivity (Wildman–Crippen MR) is 49.1 cm³/mol. The number of hydrogen-bond acceptors (Lipinski definition) is 3. The van der Waals surface area contributed by atoms with E-state index in [0.717, 1.165) is 0 Å². The highest BCUT2D eigenvalue weighted by molar-refractivity contribution is 5.69. The Kier molecular flexibility index (Phi) is 2.24. The molecular formula is C7H9FN4O2. The average Bonchev–Trinajstić information content (AvgIpc) is 2.44. The Morgan fingerprint density at radius 2 is 2.00 bits per heavy atom. The van der Waals surface area contributed by atoms with Gasteiger partial charge in [-0.2, -0.15) is 0 Å². The van der Waals surface area contributed by atoms with Crippen LogP contribution in [-0.2, 0) is 14.1 Å². The number of nitrogens with one attached hydrogen (secondary N) is 1. The third-order valence-corrected chi connectivity index (χ3v) is 1.98. The summed E-state index contributed by atoms with van der Waals surface area (Å²) in [7, 11) is 3.27. The molecule has 0 saturated carbocycles. The first-order valence-electron chi connectivity index (χ1n) is 3.71. The van der Waals surface area contributed by atoms with E-state index in [1.165, 1.54) is 10.9 Å². The van der Waals surface area contributed by atoms with E-state index in [2.05, 4.69) is 9.97 Å². The van der Waals surface area contributed by atoms with E-state index < -0.39 is 11.2 Å². The van der Waals surface area contributed by atoms with Crippen LogP contribution in [0.15, 0.2) is 15.9 Å². The molecule has 0 atom stereocenters. The maximum absolute atomic E-state index is 11.3. The van der Waals surface area contributed by atoms with Crippen molar-refractivity contribution in [2.45, 2.75) is 0 Å². The minimum atomic E-state index is -0.448. The smallest absolute Gasteiger partial charge is 0.328 e. The summed E-state index contributed by atoms with van der Waals surface area (Å²) >= 11 is 0. The Bertz CT molecular complexity index is 579. The summed E-state index contributed by atoms with van der Waals surface area (Å²) in [5, 5.41) is 0. The summed E-state index contributed by atoms with van der Waals surface area (Å²) in [4.78, 5) is 28.6. The van der Waals surface area contributed by atoms with E-state index in [1.54, 1.807) is 18.7 Å². The molecule has 2 aromatic heterocycles. The van der Waals surface area contributed by atoms with Gasteiger partial charge in [0.1, 0.15) is 0 Å². The first-order valence-corrected chi connectivity index (χ1v) is 3.71. The van der Waals surface area contributed by atoms with Gasteiger partial charge >= 0.3 is 5.69 Å². The molecule has 1 N–H and O–H groups in total. The number of aryl methyl sites for hydroxylation is 2. The van der Waals surface area contributed by atoms with Gasteiger partial charge in [-0.25, -0.2) is 9.78 Å². The molecule has 14 heavy (non-hydrogen) atoms. The fraction of sp³-hybridized carbons (Fsp3) is 0.286. The Hall–Kier alpha value is -1.92. The highest BCUT2D eigenvalue weighted by Crippen LogP contribution is 2.00. The summed E-state index contributed by atoms with van der Waals surface area (Å²) in [6, 6.07) is 0. The van der Waals surface area contributed by atoms with E-state index in [1.807, 2.05) is 0 Å². The van der Waals surface area contributed by atoms with E-state index >= 15 is 0 Å². The lowest BCUT2D eigenvalue weighted by Crippen LogP contribution is -2.28. The fourth-order valence-corrected chi connectivity index (χ4v) is 1.26. The maximum Gasteiger partial charge on any atom is 0.329 e. The first-order chi connectivity index (χ1) is 6.11. The molecule has 7 heteroatoms. The molecule has 0 saturated heterocycles. The minimum Gasteiger partial charge on any atom is -0.328 e. The third-order valence-electron chi connectivity index (χ3n) is 1.98. The highest BCUT2D eigenvalue weighted by atomic mass is 19.0. The number of aromatic nitrogens is 4. The average molecular weight is 200 g/mol. The highest BCUT2D eigenvalue weighted by Gasteiger charge is 2.08. The molecule has 0 radical (unpaired) electrons. The summed E-state index contributed by atoms with van der Waals surface area (Å²) in [5.74, 6) is 0. The zero-order valence-corrected chi connectivity index (χ0v) is 7.64. The molecule has 0 aliphatic heterocycles. The van der Waals surface area contributed by atoms with Crippen molar-refractivity contribution in [3.05, 3.63) is 27.2 Å². The van der Waals surface area contributed by atoms with Gasteiger partial charge < -0.3 is 4.57 Å². The largest absolute Gasteiger partial charge is 0.329 e. The second-order valence-electron chi connectivity index (χ2n) is 2.85. The monoisotopic (exact) mass is 200 g/mol. The van der Waals surface area contributed by atoms with Crippen molar-refractivity contribution in [2.24, 2.45) is 14.1 Å². The molecule has 0 aliphatic rings. The number of H-pyrrole nitrogens is 1. The molecule has 0 unspecified atom stereocenters. The third kappa shape index (κ3) is 1.13. The molecule has 0 amide bonds. The number of hydrogen-bond donors (Lipinski definition) is 1. The lowest BCUT2D eigenvalue weighted by Gasteiger charge is -1.97. The van der Waals surface area contributed by atoms with Gasteiger partial charge in [0.15, 0.2) is 11.2 Å². The molecule has 0 fully saturated rings. The van der Waals surface area contributed by atoms with Gasteiger partial charge in [-0.1, -0.05) is 0 Å². The van der Waals surface area contributed by atoms with Crippen molar-refractivity contribution in [2.75, 3.05) is 0 Å². The second-order valence-corrected chi connectivity index (χ2v) is 2.85. The standard InChI is InChI=1S/C7H8N4O2.FH/c1-10-3-8-5-4(10)6(12)9-7(13)11(5)2;/h3H,1-2H3,(H,9,12,13);1H. The van der Waals surface area contributed by atoms with Gasteiger partial charge in [0.05, 0.1) is 6.33 Å². The van der Waals surface area contributed by atoms with Gasteiger partial charge in [0.25, 0.3) is 5.56 Å². The zero-order chi connectivity index (χ0) is 9.59. The lowest BCUT2D eigenvalue weighted by molar-refractivity contribution is 0.829. The number of imidazole rings is 1. The normalized spacial score (nSPS) is 10.1. The molecule has 2 heterocycles. The summed E-state index contributed by atoms with van der Waals surface area (Å²) in [6.45, 7) is 0. The van der Waals surface area contributed by atoms with Crippen molar-refractivity contribution >= 4 is 11.2 Å². The van der Waals surface area contributed by atoms with Crippen LogP contribution < -0.4 is 11.2 Å². The Morgan fingerprint density at radius 3 is 2.64 bits per heavy atom. The van der Waals surface area contributed by atoms with Gasteiger partial charge in [-0.15, -0.1) is 0 Å². The van der Waals surface area contributed by atoms with Crippen molar-refractivity contribution < 1.29 is 4.70 Å². The quantitative estimate of drug-likeness (QED) is 0.599. The molecule has 76 valence electrons. The van der Waals surface area contributed by atoms with Crippen molar-refractivity contribution in [1.29, 1.82) is 0 Å². The van der Waals surface area contributed by atoms with Crippen LogP contribution in [0.5, 0.6) is 0 Å². The van der Waals surface area contributed by atoms with Crippen LogP contribution in [0.2, 0.25) is 0 Å². The first kappa shape index (κ1) is 10.2. The topological polar surface area (TPSA) is 72.7 Å². The number of halogens is 1. The van der Waals surface area contributed by atoms with Gasteiger partial charge in [0, 0.05) is 14.1 Å². The number of aromatic amines is 1. The lowest BCUT2D eigenvalue weighted by atomic mass is 10.5. The minimum absolute atomic E-state index is 0. The van der Waals surface area contributed by atoms with Crippen molar-refractivity contribution in [3.63, 3.8) is 0 Å². The Morgan fingerprint density at radius 1 is 1.36 bits per heavy atom. The molecular weight excluding hydrogens is 191 g/mol. The number of fused-ring (bicyclic) bond motifs is 1. The van der Waals surface area contributed by atoms with Crippen LogP contribution in [0.3, 0.4) is 0 Å². The summed E-state index contributed by atoms with van der Waals surface area (Å²) in [5.41, 5.74) is -0.0485. The maximum atomic E-state index is 11.3.